The molecule has 6 rings (SSSR count). The number of nitrogens with one attached hydrogen (secondary N) is 2. The van der Waals surface area contributed by atoms with Gasteiger partial charge in [0.2, 0.25) is 11.9 Å². The number of aromatic nitrogens is 5. The van der Waals surface area contributed by atoms with Crippen molar-refractivity contribution in [1.29, 1.82) is 0 Å². The summed E-state index contributed by atoms with van der Waals surface area (Å²) in [5, 5.41) is 7.29. The molecular weight excluding hydrogens is 443 g/mol. The van der Waals surface area contributed by atoms with Gasteiger partial charge in [-0.25, -0.2) is 15.0 Å². The van der Waals surface area contributed by atoms with Crippen molar-refractivity contribution in [3.05, 3.63) is 48.3 Å². The standard InChI is InChI=1S/C23H25FN8.ClH/c24-21-17(31-11-9-25-10-12-31)6-7-19(28-21)29-23-27-13-16-5-8-20-26-14-18(15-3-1-2-4-15)32(20)22(16)30-23;/h5-8,13-15,25H,1-4,9-12H2,(H,27,28,29,30);1H. The van der Waals surface area contributed by atoms with Gasteiger partial charge in [-0.1, -0.05) is 12.8 Å². The first-order valence-corrected chi connectivity index (χ1v) is 11.3. The van der Waals surface area contributed by atoms with Gasteiger partial charge in [-0.15, -0.1) is 12.4 Å². The summed E-state index contributed by atoms with van der Waals surface area (Å²) < 4.78 is 16.9. The maximum Gasteiger partial charge on any atom is 0.238 e. The van der Waals surface area contributed by atoms with E-state index in [4.69, 9.17) is 4.98 Å². The van der Waals surface area contributed by atoms with Crippen molar-refractivity contribution in [3.8, 4) is 0 Å². The number of piperazine rings is 1. The van der Waals surface area contributed by atoms with Gasteiger partial charge in [-0.3, -0.25) is 4.40 Å². The summed E-state index contributed by atoms with van der Waals surface area (Å²) >= 11 is 0. The quantitative estimate of drug-likeness (QED) is 0.437. The van der Waals surface area contributed by atoms with Crippen LogP contribution in [0.15, 0.2) is 36.7 Å². The van der Waals surface area contributed by atoms with Crippen molar-refractivity contribution in [1.82, 2.24) is 29.7 Å². The lowest BCUT2D eigenvalue weighted by atomic mass is 10.1. The van der Waals surface area contributed by atoms with E-state index in [0.29, 0.717) is 23.4 Å². The minimum Gasteiger partial charge on any atom is -0.365 e. The predicted octanol–water partition coefficient (Wildman–Crippen LogP) is 4.04. The average Bonchev–Trinajstić information content (AvgIpc) is 3.50. The number of hydrogen-bond donors (Lipinski definition) is 2. The van der Waals surface area contributed by atoms with E-state index in [1.165, 1.54) is 31.4 Å². The second-order valence-corrected chi connectivity index (χ2v) is 8.53. The van der Waals surface area contributed by atoms with Crippen LogP contribution in [0.5, 0.6) is 0 Å². The number of rotatable bonds is 4. The highest BCUT2D eigenvalue weighted by Gasteiger charge is 2.22. The molecule has 2 N–H and O–H groups in total. The minimum atomic E-state index is -0.488. The predicted molar refractivity (Wildman–Crippen MR) is 129 cm³/mol. The Kier molecular flexibility index (Phi) is 5.99. The van der Waals surface area contributed by atoms with E-state index in [2.05, 4.69) is 30.0 Å². The van der Waals surface area contributed by atoms with Crippen molar-refractivity contribution in [2.45, 2.75) is 31.6 Å². The topological polar surface area (TPSA) is 83.3 Å². The largest absolute Gasteiger partial charge is 0.365 e. The van der Waals surface area contributed by atoms with Gasteiger partial charge in [-0.2, -0.15) is 9.37 Å². The lowest BCUT2D eigenvalue weighted by Gasteiger charge is -2.29. The molecule has 1 aliphatic carbocycles. The van der Waals surface area contributed by atoms with E-state index >= 15 is 0 Å². The molecule has 0 aromatic carbocycles. The molecule has 0 unspecified atom stereocenters. The van der Waals surface area contributed by atoms with E-state index in [1.807, 2.05) is 23.2 Å². The molecule has 0 atom stereocenters. The van der Waals surface area contributed by atoms with Gasteiger partial charge >= 0.3 is 0 Å². The summed E-state index contributed by atoms with van der Waals surface area (Å²) in [5.41, 5.74) is 3.42. The Balaban J connectivity index is 0.00000228. The third kappa shape index (κ3) is 4.06. The Morgan fingerprint density at radius 3 is 2.58 bits per heavy atom. The first kappa shape index (κ1) is 21.8. The highest BCUT2D eigenvalue weighted by atomic mass is 35.5. The van der Waals surface area contributed by atoms with Gasteiger partial charge in [0, 0.05) is 55.6 Å². The van der Waals surface area contributed by atoms with Crippen LogP contribution in [0, 0.1) is 5.95 Å². The molecule has 172 valence electrons. The van der Waals surface area contributed by atoms with Gasteiger partial charge in [0.25, 0.3) is 0 Å². The molecule has 4 aromatic heterocycles. The smallest absolute Gasteiger partial charge is 0.238 e. The van der Waals surface area contributed by atoms with Crippen LogP contribution in [-0.4, -0.2) is 50.5 Å². The highest BCUT2D eigenvalue weighted by molar-refractivity contribution is 5.85. The van der Waals surface area contributed by atoms with E-state index in [1.54, 1.807) is 18.3 Å². The maximum atomic E-state index is 14.7. The molecule has 1 saturated carbocycles. The minimum absolute atomic E-state index is 0. The van der Waals surface area contributed by atoms with Crippen LogP contribution < -0.4 is 15.5 Å². The van der Waals surface area contributed by atoms with E-state index < -0.39 is 5.95 Å². The second kappa shape index (κ2) is 9.07. The van der Waals surface area contributed by atoms with Crippen molar-refractivity contribution < 1.29 is 4.39 Å². The van der Waals surface area contributed by atoms with E-state index in [0.717, 1.165) is 42.9 Å². The van der Waals surface area contributed by atoms with Crippen LogP contribution >= 0.6 is 12.4 Å². The third-order valence-electron chi connectivity index (χ3n) is 6.54. The van der Waals surface area contributed by atoms with Crippen molar-refractivity contribution in [3.63, 3.8) is 0 Å². The Labute approximate surface area is 197 Å². The van der Waals surface area contributed by atoms with Crippen LogP contribution in [0.2, 0.25) is 0 Å². The van der Waals surface area contributed by atoms with Crippen molar-refractivity contribution >= 4 is 46.5 Å². The highest BCUT2D eigenvalue weighted by Crippen LogP contribution is 2.35. The molecule has 4 aromatic rings. The number of fused-ring (bicyclic) bond motifs is 3. The zero-order valence-corrected chi connectivity index (χ0v) is 19.0. The fourth-order valence-electron chi connectivity index (χ4n) is 4.89. The molecule has 0 radical (unpaired) electrons. The number of imidazole rings is 1. The van der Waals surface area contributed by atoms with Crippen LogP contribution in [0.3, 0.4) is 0 Å². The molecule has 2 fully saturated rings. The monoisotopic (exact) mass is 468 g/mol. The Morgan fingerprint density at radius 2 is 1.79 bits per heavy atom. The maximum absolute atomic E-state index is 14.7. The molecule has 2 aliphatic rings. The number of pyridine rings is 2. The van der Waals surface area contributed by atoms with Crippen molar-refractivity contribution in [2.75, 3.05) is 36.4 Å². The number of nitrogens with zero attached hydrogens (tertiary/aromatic N) is 6. The summed E-state index contributed by atoms with van der Waals surface area (Å²) in [6.45, 7) is 3.22. The number of halogens is 2. The molecule has 1 aliphatic heterocycles. The average molecular weight is 469 g/mol. The van der Waals surface area contributed by atoms with E-state index in [-0.39, 0.29) is 12.4 Å². The van der Waals surface area contributed by atoms with Gasteiger partial charge in [0.1, 0.15) is 11.5 Å². The molecule has 8 nitrogen and oxygen atoms in total. The van der Waals surface area contributed by atoms with Crippen LogP contribution in [0.4, 0.5) is 21.8 Å². The first-order valence-electron chi connectivity index (χ1n) is 11.3. The summed E-state index contributed by atoms with van der Waals surface area (Å²) in [5.74, 6) is 0.793. The van der Waals surface area contributed by atoms with Crippen LogP contribution in [-0.2, 0) is 0 Å². The van der Waals surface area contributed by atoms with Gasteiger partial charge in [-0.05, 0) is 37.1 Å². The Bertz CT molecular complexity index is 1280. The fraction of sp³-hybridized carbons (Fsp3) is 0.391. The molecule has 1 saturated heterocycles. The molecule has 0 spiro atoms. The molecule has 10 heteroatoms. The summed E-state index contributed by atoms with van der Waals surface area (Å²) in [4.78, 5) is 19.9. The fourth-order valence-corrected chi connectivity index (χ4v) is 4.89. The molecule has 33 heavy (non-hydrogen) atoms. The second-order valence-electron chi connectivity index (χ2n) is 8.53. The van der Waals surface area contributed by atoms with Crippen molar-refractivity contribution in [2.24, 2.45) is 0 Å². The van der Waals surface area contributed by atoms with E-state index in [9.17, 15) is 4.39 Å². The zero-order chi connectivity index (χ0) is 21.5. The van der Waals surface area contributed by atoms with Crippen LogP contribution in [0.25, 0.3) is 16.7 Å². The van der Waals surface area contributed by atoms with Gasteiger partial charge in [0.15, 0.2) is 5.65 Å². The first-order chi connectivity index (χ1) is 15.8. The molecular formula is C23H26ClFN8. The summed E-state index contributed by atoms with van der Waals surface area (Å²) in [6.07, 6.45) is 8.64. The third-order valence-corrected chi connectivity index (χ3v) is 6.54. The molecule has 5 heterocycles. The Morgan fingerprint density at radius 1 is 0.970 bits per heavy atom. The number of anilines is 3. The van der Waals surface area contributed by atoms with Crippen LogP contribution in [0.1, 0.15) is 37.3 Å². The Hall–Kier alpha value is -3.04. The van der Waals surface area contributed by atoms with Gasteiger partial charge in [0.05, 0.1) is 5.69 Å². The zero-order valence-electron chi connectivity index (χ0n) is 18.2. The van der Waals surface area contributed by atoms with Gasteiger partial charge < -0.3 is 15.5 Å². The lowest BCUT2D eigenvalue weighted by Crippen LogP contribution is -2.44. The number of hydrogen-bond acceptors (Lipinski definition) is 7. The SMILES string of the molecule is Cl.Fc1nc(Nc2ncc3ccc4ncc(C5CCCC5)n4c3n2)ccc1N1CCNCC1. The molecule has 0 bridgehead atoms. The lowest BCUT2D eigenvalue weighted by molar-refractivity contribution is 0.549. The normalized spacial score (nSPS) is 16.9. The summed E-state index contributed by atoms with van der Waals surface area (Å²) in [7, 11) is 0. The molecule has 0 amide bonds. The summed E-state index contributed by atoms with van der Waals surface area (Å²) in [6, 6.07) is 7.53.